The first-order valence-electron chi connectivity index (χ1n) is 11.8. The number of rotatable bonds is 8. The van der Waals surface area contributed by atoms with Crippen LogP contribution in [0, 0.1) is 11.6 Å². The Bertz CT molecular complexity index is 1130. The molecule has 0 atom stereocenters. The van der Waals surface area contributed by atoms with E-state index in [0.717, 1.165) is 11.1 Å². The number of benzene rings is 3. The summed E-state index contributed by atoms with van der Waals surface area (Å²) in [5.74, 6) is -1.10. The molecule has 5 nitrogen and oxygen atoms in total. The third-order valence-corrected chi connectivity index (χ3v) is 6.29. The Morgan fingerprint density at radius 3 is 2.11 bits per heavy atom. The van der Waals surface area contributed by atoms with Gasteiger partial charge in [-0.1, -0.05) is 54.6 Å². The van der Waals surface area contributed by atoms with Gasteiger partial charge in [0.25, 0.3) is 5.91 Å². The molecule has 0 saturated carbocycles. The van der Waals surface area contributed by atoms with Gasteiger partial charge < -0.3 is 9.80 Å². The highest BCUT2D eigenvalue weighted by Crippen LogP contribution is 2.14. The fourth-order valence-corrected chi connectivity index (χ4v) is 4.23. The molecule has 0 N–H and O–H groups in total. The highest BCUT2D eigenvalue weighted by Gasteiger charge is 2.24. The van der Waals surface area contributed by atoms with Gasteiger partial charge in [-0.05, 0) is 35.4 Å². The van der Waals surface area contributed by atoms with E-state index in [1.54, 1.807) is 34.1 Å². The van der Waals surface area contributed by atoms with Crippen molar-refractivity contribution < 1.29 is 18.4 Å². The third-order valence-electron chi connectivity index (χ3n) is 6.29. The lowest BCUT2D eigenvalue weighted by atomic mass is 10.1. The first-order chi connectivity index (χ1) is 17.0. The Morgan fingerprint density at radius 1 is 0.771 bits per heavy atom. The summed E-state index contributed by atoms with van der Waals surface area (Å²) < 4.78 is 27.3. The first kappa shape index (κ1) is 24.5. The van der Waals surface area contributed by atoms with Gasteiger partial charge in [0.15, 0.2) is 0 Å². The van der Waals surface area contributed by atoms with Crippen LogP contribution in [0.2, 0.25) is 0 Å². The third kappa shape index (κ3) is 6.73. The van der Waals surface area contributed by atoms with E-state index in [0.29, 0.717) is 52.2 Å². The summed E-state index contributed by atoms with van der Waals surface area (Å²) >= 11 is 0. The molecule has 0 radical (unpaired) electrons. The molecule has 35 heavy (non-hydrogen) atoms. The van der Waals surface area contributed by atoms with Crippen molar-refractivity contribution in [3.8, 4) is 0 Å². The zero-order valence-electron chi connectivity index (χ0n) is 19.6. The van der Waals surface area contributed by atoms with Crippen LogP contribution in [0.15, 0.2) is 78.9 Å². The van der Waals surface area contributed by atoms with Crippen molar-refractivity contribution in [2.45, 2.75) is 13.0 Å². The molecule has 3 aromatic rings. The number of hydrogen-bond acceptors (Lipinski definition) is 3. The lowest BCUT2D eigenvalue weighted by Crippen LogP contribution is -2.50. The molecule has 3 aromatic carbocycles. The van der Waals surface area contributed by atoms with Crippen molar-refractivity contribution in [1.82, 2.24) is 14.7 Å². The van der Waals surface area contributed by atoms with Crippen molar-refractivity contribution >= 4 is 11.8 Å². The van der Waals surface area contributed by atoms with E-state index in [-0.39, 0.29) is 23.2 Å². The number of nitrogens with zero attached hydrogens (tertiary/aromatic N) is 3. The van der Waals surface area contributed by atoms with Crippen molar-refractivity contribution in [2.75, 3.05) is 39.3 Å². The molecule has 0 aromatic heterocycles. The van der Waals surface area contributed by atoms with Crippen LogP contribution in [-0.2, 0) is 17.8 Å². The maximum atomic E-state index is 14.0. The van der Waals surface area contributed by atoms with Gasteiger partial charge in [0.1, 0.15) is 11.6 Å². The van der Waals surface area contributed by atoms with Gasteiger partial charge in [0.2, 0.25) is 5.91 Å². The molecule has 0 bridgehead atoms. The van der Waals surface area contributed by atoms with Gasteiger partial charge >= 0.3 is 0 Å². The van der Waals surface area contributed by atoms with Crippen LogP contribution < -0.4 is 0 Å². The molecule has 1 heterocycles. The molecule has 2 amide bonds. The molecule has 0 spiro atoms. The lowest BCUT2D eigenvalue weighted by Gasteiger charge is -2.36. The van der Waals surface area contributed by atoms with E-state index in [2.05, 4.69) is 4.90 Å². The van der Waals surface area contributed by atoms with Crippen LogP contribution in [0.1, 0.15) is 21.5 Å². The largest absolute Gasteiger partial charge is 0.337 e. The fourth-order valence-electron chi connectivity index (χ4n) is 4.23. The van der Waals surface area contributed by atoms with Crippen molar-refractivity contribution in [2.24, 2.45) is 0 Å². The summed E-state index contributed by atoms with van der Waals surface area (Å²) in [7, 11) is 0. The number of carbonyl (C=O) groups excluding carboxylic acids is 2. The van der Waals surface area contributed by atoms with Gasteiger partial charge in [-0.2, -0.15) is 0 Å². The minimum absolute atomic E-state index is 0.00823. The Kier molecular flexibility index (Phi) is 8.21. The topological polar surface area (TPSA) is 43.9 Å². The lowest BCUT2D eigenvalue weighted by molar-refractivity contribution is -0.131. The van der Waals surface area contributed by atoms with E-state index in [1.807, 2.05) is 30.3 Å². The second kappa shape index (κ2) is 11.7. The summed E-state index contributed by atoms with van der Waals surface area (Å²) in [6, 6.07) is 21.8. The minimum atomic E-state index is -0.506. The molecular formula is C28H29F2N3O2. The average molecular weight is 478 g/mol. The van der Waals surface area contributed by atoms with Gasteiger partial charge in [0, 0.05) is 45.8 Å². The fraction of sp³-hybridized carbons (Fsp3) is 0.286. The van der Waals surface area contributed by atoms with Crippen molar-refractivity contribution in [3.05, 3.63) is 107 Å². The number of carbonyl (C=O) groups is 2. The normalized spacial score (nSPS) is 14.1. The van der Waals surface area contributed by atoms with Crippen molar-refractivity contribution in [3.63, 3.8) is 0 Å². The number of amides is 2. The van der Waals surface area contributed by atoms with E-state index in [4.69, 9.17) is 0 Å². The Balaban J connectivity index is 1.34. The molecule has 1 saturated heterocycles. The highest BCUT2D eigenvalue weighted by atomic mass is 19.1. The number of hydrogen-bond donors (Lipinski definition) is 0. The van der Waals surface area contributed by atoms with Crippen molar-refractivity contribution in [1.29, 1.82) is 0 Å². The smallest absolute Gasteiger partial charge is 0.256 e. The molecular weight excluding hydrogens is 448 g/mol. The summed E-state index contributed by atoms with van der Waals surface area (Å²) in [5.41, 5.74) is 1.91. The zero-order chi connectivity index (χ0) is 24.6. The summed E-state index contributed by atoms with van der Waals surface area (Å²) in [5, 5.41) is 0. The van der Waals surface area contributed by atoms with E-state index in [9.17, 15) is 18.4 Å². The van der Waals surface area contributed by atoms with Crippen LogP contribution >= 0.6 is 0 Å². The maximum absolute atomic E-state index is 14.0. The quantitative estimate of drug-likeness (QED) is 0.493. The Morgan fingerprint density at radius 2 is 1.43 bits per heavy atom. The Hall–Kier alpha value is -3.58. The average Bonchev–Trinajstić information content (AvgIpc) is 2.88. The van der Waals surface area contributed by atoms with E-state index >= 15 is 0 Å². The van der Waals surface area contributed by atoms with Crippen LogP contribution in [0.4, 0.5) is 8.78 Å². The molecule has 4 rings (SSSR count). The standard InChI is InChI=1S/C28H29F2N3O2/c29-24-12-10-23(11-13-24)21-33(27(34)20-22-6-2-1-3-7-22)19-16-31-14-17-32(18-15-31)28(35)25-8-4-5-9-26(25)30/h1-13H,14-21H2. The summed E-state index contributed by atoms with van der Waals surface area (Å²) in [6.45, 7) is 3.88. The monoisotopic (exact) mass is 477 g/mol. The number of piperazine rings is 1. The zero-order valence-corrected chi connectivity index (χ0v) is 19.6. The van der Waals surface area contributed by atoms with Crippen LogP contribution in [0.3, 0.4) is 0 Å². The SMILES string of the molecule is O=C(Cc1ccccc1)N(CCN1CCN(C(=O)c2ccccc2F)CC1)Cc1ccc(F)cc1. The molecule has 182 valence electrons. The van der Waals surface area contributed by atoms with Crippen LogP contribution in [-0.4, -0.2) is 65.8 Å². The molecule has 7 heteroatoms. The van der Waals surface area contributed by atoms with Gasteiger partial charge in [-0.15, -0.1) is 0 Å². The van der Waals surface area contributed by atoms with Gasteiger partial charge in [0.05, 0.1) is 12.0 Å². The summed E-state index contributed by atoms with van der Waals surface area (Å²) in [4.78, 5) is 31.5. The van der Waals surface area contributed by atoms with Crippen LogP contribution in [0.5, 0.6) is 0 Å². The predicted molar refractivity (Wildman–Crippen MR) is 131 cm³/mol. The molecule has 1 aliphatic rings. The highest BCUT2D eigenvalue weighted by molar-refractivity contribution is 5.94. The van der Waals surface area contributed by atoms with Gasteiger partial charge in [-0.3, -0.25) is 14.5 Å². The number of halogens is 2. The molecule has 1 aliphatic heterocycles. The van der Waals surface area contributed by atoms with E-state index in [1.165, 1.54) is 24.3 Å². The minimum Gasteiger partial charge on any atom is -0.337 e. The molecule has 1 fully saturated rings. The molecule has 0 unspecified atom stereocenters. The maximum Gasteiger partial charge on any atom is 0.256 e. The van der Waals surface area contributed by atoms with Gasteiger partial charge in [-0.25, -0.2) is 8.78 Å². The predicted octanol–water partition coefficient (Wildman–Crippen LogP) is 3.99. The first-order valence-corrected chi connectivity index (χ1v) is 11.8. The second-order valence-corrected chi connectivity index (χ2v) is 8.72. The van der Waals surface area contributed by atoms with E-state index < -0.39 is 5.82 Å². The summed E-state index contributed by atoms with van der Waals surface area (Å²) in [6.07, 6.45) is 0.299. The Labute approximate surface area is 204 Å². The van der Waals surface area contributed by atoms with Crippen LogP contribution in [0.25, 0.3) is 0 Å². The molecule has 0 aliphatic carbocycles. The second-order valence-electron chi connectivity index (χ2n) is 8.72.